The zero-order valence-corrected chi connectivity index (χ0v) is 14.9. The van der Waals surface area contributed by atoms with Crippen LogP contribution in [0.4, 0.5) is 11.4 Å². The Balaban J connectivity index is 1.75. The average Bonchev–Trinajstić information content (AvgIpc) is 3.05. The Morgan fingerprint density at radius 2 is 2.30 bits per heavy atom. The van der Waals surface area contributed by atoms with E-state index in [1.807, 2.05) is 0 Å². The van der Waals surface area contributed by atoms with Crippen molar-refractivity contribution in [3.63, 3.8) is 0 Å². The van der Waals surface area contributed by atoms with Gasteiger partial charge >= 0.3 is 0 Å². The molecule has 3 rings (SSSR count). The van der Waals surface area contributed by atoms with E-state index in [2.05, 4.69) is 10.3 Å². The number of hydrogen-bond donors (Lipinski definition) is 4. The molecular formula is C19H23N4O4+. The molecule has 1 fully saturated rings. The molecule has 1 saturated heterocycles. The number of rotatable bonds is 5. The van der Waals surface area contributed by atoms with E-state index in [1.54, 1.807) is 60.6 Å². The largest absolute Gasteiger partial charge is 0.398 e. The van der Waals surface area contributed by atoms with E-state index in [1.165, 1.54) is 0 Å². The number of aliphatic hydroxyl groups is 2. The van der Waals surface area contributed by atoms with Gasteiger partial charge in [-0.1, -0.05) is 0 Å². The third kappa shape index (κ3) is 4.30. The third-order valence-electron chi connectivity index (χ3n) is 4.41. The fraction of sp³-hybridized carbons (Fsp3) is 0.316. The number of carbonyl (C=O) groups is 1. The maximum Gasteiger partial charge on any atom is 0.265 e. The Hall–Kier alpha value is -2.81. The normalized spacial score (nSPS) is 22.3. The van der Waals surface area contributed by atoms with Gasteiger partial charge in [0.25, 0.3) is 12.1 Å². The first-order valence-electron chi connectivity index (χ1n) is 8.60. The van der Waals surface area contributed by atoms with Gasteiger partial charge < -0.3 is 26.0 Å². The first-order valence-corrected chi connectivity index (χ1v) is 8.60. The van der Waals surface area contributed by atoms with Crippen molar-refractivity contribution in [3.05, 3.63) is 53.9 Å². The summed E-state index contributed by atoms with van der Waals surface area (Å²) in [7, 11) is 1.65. The molecule has 0 aliphatic carbocycles. The van der Waals surface area contributed by atoms with Crippen molar-refractivity contribution >= 4 is 23.5 Å². The fourth-order valence-electron chi connectivity index (χ4n) is 2.98. The van der Waals surface area contributed by atoms with Crippen LogP contribution in [0.2, 0.25) is 0 Å². The number of aliphatic hydroxyl groups excluding tert-OH is 2. The highest BCUT2D eigenvalue weighted by Crippen LogP contribution is 2.24. The van der Waals surface area contributed by atoms with Gasteiger partial charge in [0, 0.05) is 36.3 Å². The minimum atomic E-state index is -0.738. The molecular weight excluding hydrogens is 348 g/mol. The second-order valence-corrected chi connectivity index (χ2v) is 6.34. The zero-order chi connectivity index (χ0) is 19.4. The van der Waals surface area contributed by atoms with Crippen LogP contribution < -0.4 is 15.6 Å². The molecule has 8 nitrogen and oxygen atoms in total. The SMILES string of the molecule is CN=Cc1cc(NC(=O)c2ccc[n+]([C@H]3C[C@H](O)[C@@H](CO)O3)c2)ccc1N. The first kappa shape index (κ1) is 19.0. The van der Waals surface area contributed by atoms with E-state index in [-0.39, 0.29) is 12.5 Å². The number of amides is 1. The summed E-state index contributed by atoms with van der Waals surface area (Å²) < 4.78 is 7.33. The van der Waals surface area contributed by atoms with Crippen molar-refractivity contribution in [3.8, 4) is 0 Å². The molecule has 1 aliphatic rings. The third-order valence-corrected chi connectivity index (χ3v) is 4.41. The molecule has 1 aliphatic heterocycles. The van der Waals surface area contributed by atoms with Gasteiger partial charge in [-0.25, -0.2) is 0 Å². The summed E-state index contributed by atoms with van der Waals surface area (Å²) >= 11 is 0. The van der Waals surface area contributed by atoms with Crippen LogP contribution in [0.1, 0.15) is 28.6 Å². The quantitative estimate of drug-likeness (QED) is 0.346. The maximum absolute atomic E-state index is 12.6. The summed E-state index contributed by atoms with van der Waals surface area (Å²) in [5.74, 6) is -0.286. The highest BCUT2D eigenvalue weighted by molar-refractivity contribution is 6.04. The molecule has 1 aromatic carbocycles. The summed E-state index contributed by atoms with van der Waals surface area (Å²) in [5.41, 5.74) is 8.22. The summed E-state index contributed by atoms with van der Waals surface area (Å²) in [5, 5.41) is 21.9. The molecule has 0 unspecified atom stereocenters. The molecule has 0 spiro atoms. The number of pyridine rings is 1. The van der Waals surface area contributed by atoms with Crippen LogP contribution in [-0.4, -0.2) is 48.2 Å². The number of ether oxygens (including phenoxy) is 1. The smallest absolute Gasteiger partial charge is 0.265 e. The van der Waals surface area contributed by atoms with Crippen molar-refractivity contribution < 1.29 is 24.3 Å². The fourth-order valence-corrected chi connectivity index (χ4v) is 2.98. The van der Waals surface area contributed by atoms with Crippen molar-refractivity contribution in [2.45, 2.75) is 24.9 Å². The lowest BCUT2D eigenvalue weighted by Crippen LogP contribution is -2.40. The zero-order valence-electron chi connectivity index (χ0n) is 14.9. The van der Waals surface area contributed by atoms with Crippen LogP contribution >= 0.6 is 0 Å². The number of nitrogens with two attached hydrogens (primary N) is 1. The number of nitrogens with one attached hydrogen (secondary N) is 1. The van der Waals surface area contributed by atoms with Gasteiger partial charge in [0.05, 0.1) is 19.1 Å². The maximum atomic E-state index is 12.6. The standard InChI is InChI=1S/C19H22N4O4/c1-21-9-13-7-14(4-5-15(13)20)22-19(26)12-3-2-6-23(10-12)18-8-16(25)17(11-24)27-18/h2-7,9-10,16-18,24-25H,8,11H2,1H3,(H2-,20,21,22,26)/p+1/t16-,17+,18+/m0/s1. The van der Waals surface area contributed by atoms with Gasteiger partial charge in [0.15, 0.2) is 12.4 Å². The topological polar surface area (TPSA) is 121 Å². The van der Waals surface area contributed by atoms with Crippen LogP contribution in [0.5, 0.6) is 0 Å². The molecule has 0 saturated carbocycles. The molecule has 27 heavy (non-hydrogen) atoms. The average molecular weight is 371 g/mol. The van der Waals surface area contributed by atoms with E-state index >= 15 is 0 Å². The van der Waals surface area contributed by atoms with Gasteiger partial charge in [0.2, 0.25) is 0 Å². The van der Waals surface area contributed by atoms with Crippen LogP contribution in [0.25, 0.3) is 0 Å². The lowest BCUT2D eigenvalue weighted by molar-refractivity contribution is -0.759. The molecule has 0 bridgehead atoms. The number of carbonyl (C=O) groups excluding carboxylic acids is 1. The second-order valence-electron chi connectivity index (χ2n) is 6.34. The summed E-state index contributed by atoms with van der Waals surface area (Å²) in [4.78, 5) is 16.5. The van der Waals surface area contributed by atoms with Gasteiger partial charge in [-0.05, 0) is 24.3 Å². The van der Waals surface area contributed by atoms with E-state index in [0.717, 1.165) is 5.56 Å². The summed E-state index contributed by atoms with van der Waals surface area (Å²) in [6.07, 6.45) is 3.59. The number of nitrogens with zero attached hydrogens (tertiary/aromatic N) is 2. The second kappa shape index (κ2) is 8.26. The highest BCUT2D eigenvalue weighted by atomic mass is 16.5. The van der Waals surface area contributed by atoms with Crippen LogP contribution in [0.3, 0.4) is 0 Å². The van der Waals surface area contributed by atoms with Crippen LogP contribution in [0.15, 0.2) is 47.7 Å². The molecule has 2 heterocycles. The number of hydrogen-bond acceptors (Lipinski definition) is 6. The van der Waals surface area contributed by atoms with Crippen LogP contribution in [0, 0.1) is 0 Å². The number of nitrogen functional groups attached to an aromatic ring is 1. The number of aromatic nitrogens is 1. The van der Waals surface area contributed by atoms with Crippen molar-refractivity contribution in [2.24, 2.45) is 4.99 Å². The predicted molar refractivity (Wildman–Crippen MR) is 101 cm³/mol. The Morgan fingerprint density at radius 1 is 1.48 bits per heavy atom. The highest BCUT2D eigenvalue weighted by Gasteiger charge is 2.39. The molecule has 5 N–H and O–H groups in total. The number of anilines is 2. The van der Waals surface area contributed by atoms with E-state index < -0.39 is 18.4 Å². The first-order chi connectivity index (χ1) is 13.0. The van der Waals surface area contributed by atoms with E-state index in [9.17, 15) is 15.0 Å². The van der Waals surface area contributed by atoms with Crippen LogP contribution in [-0.2, 0) is 4.74 Å². The molecule has 1 aromatic heterocycles. The molecule has 1 amide bonds. The Bertz CT molecular complexity index is 855. The minimum absolute atomic E-state index is 0.251. The van der Waals surface area contributed by atoms with Gasteiger partial charge in [-0.2, -0.15) is 4.57 Å². The van der Waals surface area contributed by atoms with Crippen molar-refractivity contribution in [2.75, 3.05) is 24.7 Å². The number of benzene rings is 1. The molecule has 3 atom stereocenters. The van der Waals surface area contributed by atoms with Crippen molar-refractivity contribution in [1.29, 1.82) is 0 Å². The van der Waals surface area contributed by atoms with Gasteiger partial charge in [-0.3, -0.25) is 9.79 Å². The Kier molecular flexibility index (Phi) is 5.80. The summed E-state index contributed by atoms with van der Waals surface area (Å²) in [6, 6.07) is 8.60. The van der Waals surface area contributed by atoms with E-state index in [4.69, 9.17) is 10.5 Å². The lowest BCUT2D eigenvalue weighted by Gasteiger charge is -2.10. The van der Waals surface area contributed by atoms with Gasteiger partial charge in [0.1, 0.15) is 11.7 Å². The Labute approximate surface area is 156 Å². The van der Waals surface area contributed by atoms with Gasteiger partial charge in [-0.15, -0.1) is 0 Å². The Morgan fingerprint density at radius 3 is 3.00 bits per heavy atom. The number of aliphatic imine (C=N–C) groups is 1. The molecule has 8 heteroatoms. The molecule has 0 radical (unpaired) electrons. The molecule has 142 valence electrons. The molecule has 2 aromatic rings. The van der Waals surface area contributed by atoms with Crippen molar-refractivity contribution in [1.82, 2.24) is 0 Å². The predicted octanol–water partition coefficient (Wildman–Crippen LogP) is 0.498. The summed E-state index contributed by atoms with van der Waals surface area (Å²) in [6.45, 7) is -0.251. The lowest BCUT2D eigenvalue weighted by atomic mass is 10.1. The monoisotopic (exact) mass is 371 g/mol. The minimum Gasteiger partial charge on any atom is -0.398 e. The van der Waals surface area contributed by atoms with E-state index in [0.29, 0.717) is 23.4 Å².